The van der Waals surface area contributed by atoms with Crippen molar-refractivity contribution < 1.29 is 5.11 Å². The number of anilines is 1. The maximum atomic E-state index is 9.89. The van der Waals surface area contributed by atoms with Gasteiger partial charge in [0.05, 0.1) is 6.10 Å². The molecule has 0 fully saturated rings. The molecule has 108 valence electrons. The van der Waals surface area contributed by atoms with E-state index in [9.17, 15) is 5.11 Å². The summed E-state index contributed by atoms with van der Waals surface area (Å²) in [7, 11) is 4.14. The summed E-state index contributed by atoms with van der Waals surface area (Å²) in [5, 5.41) is 9.89. The van der Waals surface area contributed by atoms with Gasteiger partial charge in [-0.15, -0.1) is 0 Å². The zero-order valence-electron chi connectivity index (χ0n) is 12.8. The first kappa shape index (κ1) is 15.9. The van der Waals surface area contributed by atoms with Crippen molar-refractivity contribution in [3.63, 3.8) is 0 Å². The highest BCUT2D eigenvalue weighted by molar-refractivity contribution is 5.47. The van der Waals surface area contributed by atoms with Gasteiger partial charge in [-0.25, -0.2) is 4.98 Å². The lowest BCUT2D eigenvalue weighted by Gasteiger charge is -2.29. The maximum Gasteiger partial charge on any atom is 0.134 e. The summed E-state index contributed by atoms with van der Waals surface area (Å²) in [6.07, 6.45) is 1.31. The Hall–Kier alpha value is -1.13. The van der Waals surface area contributed by atoms with Crippen LogP contribution in [0.3, 0.4) is 0 Å². The van der Waals surface area contributed by atoms with Crippen LogP contribution < -0.4 is 4.90 Å². The molecule has 0 saturated carbocycles. The van der Waals surface area contributed by atoms with Crippen LogP contribution in [0.1, 0.15) is 32.4 Å². The van der Waals surface area contributed by atoms with Gasteiger partial charge in [0.15, 0.2) is 0 Å². The number of rotatable bonds is 7. The number of hydrogen-bond acceptors (Lipinski definition) is 4. The van der Waals surface area contributed by atoms with E-state index in [2.05, 4.69) is 42.7 Å². The van der Waals surface area contributed by atoms with Crippen LogP contribution in [0.25, 0.3) is 0 Å². The first-order valence-corrected chi connectivity index (χ1v) is 6.94. The summed E-state index contributed by atoms with van der Waals surface area (Å²) in [4.78, 5) is 8.91. The van der Waals surface area contributed by atoms with E-state index in [-0.39, 0.29) is 0 Å². The van der Waals surface area contributed by atoms with Crippen LogP contribution in [0.15, 0.2) is 18.3 Å². The van der Waals surface area contributed by atoms with Gasteiger partial charge in [-0.2, -0.15) is 0 Å². The Labute approximate surface area is 117 Å². The van der Waals surface area contributed by atoms with Gasteiger partial charge in [-0.1, -0.05) is 19.9 Å². The summed E-state index contributed by atoms with van der Waals surface area (Å²) < 4.78 is 0. The van der Waals surface area contributed by atoms with Crippen LogP contribution in [0.4, 0.5) is 5.82 Å². The molecule has 0 bridgehead atoms. The van der Waals surface area contributed by atoms with Crippen LogP contribution in [-0.2, 0) is 0 Å². The van der Waals surface area contributed by atoms with E-state index in [0.717, 1.165) is 31.0 Å². The molecule has 0 radical (unpaired) electrons. The van der Waals surface area contributed by atoms with Gasteiger partial charge < -0.3 is 14.9 Å². The molecule has 1 atom stereocenters. The molecule has 1 heterocycles. The van der Waals surface area contributed by atoms with Crippen LogP contribution in [0, 0.1) is 5.92 Å². The molecular formula is C15H27N3O. The predicted molar refractivity (Wildman–Crippen MR) is 80.5 cm³/mol. The van der Waals surface area contributed by atoms with E-state index in [0.29, 0.717) is 5.92 Å². The number of likely N-dealkylation sites (N-methyl/N-ethyl adjacent to an activating group) is 1. The van der Waals surface area contributed by atoms with Crippen molar-refractivity contribution in [1.82, 2.24) is 9.88 Å². The molecule has 4 heteroatoms. The standard InChI is InChI=1S/C15H27N3O/c1-12(2)11-18(10-9-17(4)5)15-14(13(3)19)7-6-8-16-15/h6-8,12-13,19H,9-11H2,1-5H3. The van der Waals surface area contributed by atoms with Crippen molar-refractivity contribution >= 4 is 5.82 Å². The van der Waals surface area contributed by atoms with Gasteiger partial charge in [0.25, 0.3) is 0 Å². The molecule has 0 aliphatic rings. The van der Waals surface area contributed by atoms with Crippen molar-refractivity contribution in [2.75, 3.05) is 38.6 Å². The Kier molecular flexibility index (Phi) is 6.25. The third-order valence-electron chi connectivity index (χ3n) is 2.97. The molecule has 0 spiro atoms. The summed E-state index contributed by atoms with van der Waals surface area (Å²) >= 11 is 0. The third kappa shape index (κ3) is 5.17. The van der Waals surface area contributed by atoms with E-state index in [1.54, 1.807) is 13.1 Å². The first-order valence-electron chi connectivity index (χ1n) is 6.94. The number of pyridine rings is 1. The van der Waals surface area contributed by atoms with Gasteiger partial charge in [0.2, 0.25) is 0 Å². The topological polar surface area (TPSA) is 39.6 Å². The largest absolute Gasteiger partial charge is 0.389 e. The SMILES string of the molecule is CC(C)CN(CCN(C)C)c1ncccc1C(C)O. The molecule has 0 amide bonds. The lowest BCUT2D eigenvalue weighted by molar-refractivity contribution is 0.199. The molecular weight excluding hydrogens is 238 g/mol. The highest BCUT2D eigenvalue weighted by Gasteiger charge is 2.16. The Morgan fingerprint density at radius 3 is 2.42 bits per heavy atom. The Morgan fingerprint density at radius 2 is 1.89 bits per heavy atom. The molecule has 0 aliphatic carbocycles. The molecule has 1 rings (SSSR count). The monoisotopic (exact) mass is 265 g/mol. The van der Waals surface area contributed by atoms with Gasteiger partial charge in [-0.05, 0) is 33.0 Å². The molecule has 1 unspecified atom stereocenters. The zero-order chi connectivity index (χ0) is 14.4. The van der Waals surface area contributed by atoms with Gasteiger partial charge in [-0.3, -0.25) is 0 Å². The minimum atomic E-state index is -0.488. The molecule has 1 aromatic rings. The summed E-state index contributed by atoms with van der Waals surface area (Å²) in [5.41, 5.74) is 0.905. The fourth-order valence-corrected chi connectivity index (χ4v) is 2.04. The van der Waals surface area contributed by atoms with Crippen molar-refractivity contribution in [1.29, 1.82) is 0 Å². The Morgan fingerprint density at radius 1 is 1.21 bits per heavy atom. The predicted octanol–water partition coefficient (Wildman–Crippen LogP) is 2.16. The minimum absolute atomic E-state index is 0.488. The lowest BCUT2D eigenvalue weighted by atomic mass is 10.1. The van der Waals surface area contributed by atoms with Crippen LogP contribution in [0.2, 0.25) is 0 Å². The quantitative estimate of drug-likeness (QED) is 0.820. The highest BCUT2D eigenvalue weighted by Crippen LogP contribution is 2.24. The number of aliphatic hydroxyl groups excluding tert-OH is 1. The number of hydrogen-bond donors (Lipinski definition) is 1. The van der Waals surface area contributed by atoms with E-state index >= 15 is 0 Å². The zero-order valence-corrected chi connectivity index (χ0v) is 12.8. The van der Waals surface area contributed by atoms with Crippen molar-refractivity contribution in [3.8, 4) is 0 Å². The molecule has 4 nitrogen and oxygen atoms in total. The van der Waals surface area contributed by atoms with E-state index in [1.165, 1.54) is 0 Å². The van der Waals surface area contributed by atoms with Gasteiger partial charge >= 0.3 is 0 Å². The average molecular weight is 265 g/mol. The van der Waals surface area contributed by atoms with E-state index in [1.807, 2.05) is 12.1 Å². The Balaban J connectivity index is 2.95. The van der Waals surface area contributed by atoms with Gasteiger partial charge in [0, 0.05) is 31.4 Å². The first-order chi connectivity index (χ1) is 8.91. The van der Waals surface area contributed by atoms with Crippen molar-refractivity contribution in [2.45, 2.75) is 26.9 Å². The van der Waals surface area contributed by atoms with Crippen LogP contribution in [-0.4, -0.2) is 48.7 Å². The molecule has 1 N–H and O–H groups in total. The molecule has 0 aromatic carbocycles. The Bertz CT molecular complexity index is 377. The smallest absolute Gasteiger partial charge is 0.134 e. The van der Waals surface area contributed by atoms with E-state index in [4.69, 9.17) is 0 Å². The van der Waals surface area contributed by atoms with E-state index < -0.39 is 6.10 Å². The maximum absolute atomic E-state index is 9.89. The van der Waals surface area contributed by atoms with Crippen LogP contribution in [0.5, 0.6) is 0 Å². The molecule has 19 heavy (non-hydrogen) atoms. The molecule has 0 aliphatic heterocycles. The lowest BCUT2D eigenvalue weighted by Crippen LogP contribution is -2.35. The molecule has 0 saturated heterocycles. The number of nitrogens with zero attached hydrogens (tertiary/aromatic N) is 3. The second kappa shape index (κ2) is 7.46. The van der Waals surface area contributed by atoms with Crippen LogP contribution >= 0.6 is 0 Å². The highest BCUT2D eigenvalue weighted by atomic mass is 16.3. The summed E-state index contributed by atoms with van der Waals surface area (Å²) in [5.74, 6) is 1.47. The summed E-state index contributed by atoms with van der Waals surface area (Å²) in [6, 6.07) is 3.83. The van der Waals surface area contributed by atoms with Crippen molar-refractivity contribution in [3.05, 3.63) is 23.9 Å². The normalized spacial score (nSPS) is 13.1. The third-order valence-corrected chi connectivity index (χ3v) is 2.97. The second-order valence-corrected chi connectivity index (χ2v) is 5.74. The number of aliphatic hydroxyl groups is 1. The molecule has 1 aromatic heterocycles. The van der Waals surface area contributed by atoms with Gasteiger partial charge in [0.1, 0.15) is 5.82 Å². The van der Waals surface area contributed by atoms with Crippen molar-refractivity contribution in [2.24, 2.45) is 5.92 Å². The second-order valence-electron chi connectivity index (χ2n) is 5.74. The minimum Gasteiger partial charge on any atom is -0.389 e. The fraction of sp³-hybridized carbons (Fsp3) is 0.667. The average Bonchev–Trinajstić information content (AvgIpc) is 2.33. The summed E-state index contributed by atoms with van der Waals surface area (Å²) in [6.45, 7) is 9.04. The number of aromatic nitrogens is 1. The fourth-order valence-electron chi connectivity index (χ4n) is 2.04.